The Morgan fingerprint density at radius 3 is 0.833 bits per heavy atom. The highest BCUT2D eigenvalue weighted by Gasteiger charge is 2.40. The molecule has 0 saturated heterocycles. The van der Waals surface area contributed by atoms with Gasteiger partial charge in [0.1, 0.15) is 0 Å². The largest absolute Gasteiger partial charge is 0.237 e. The van der Waals surface area contributed by atoms with E-state index in [2.05, 4.69) is 241 Å². The van der Waals surface area contributed by atoms with Crippen molar-refractivity contribution in [3.05, 3.63) is 239 Å². The van der Waals surface area contributed by atoms with E-state index in [0.29, 0.717) is 0 Å². The number of hydrogen-bond acceptors (Lipinski definition) is 2. The van der Waals surface area contributed by atoms with Crippen molar-refractivity contribution in [1.82, 2.24) is 9.97 Å². The molecule has 9 aromatic carbocycles. The second kappa shape index (κ2) is 14.8. The predicted octanol–water partition coefficient (Wildman–Crippen LogP) is 18.0. The maximum Gasteiger partial charge on any atom is 0.159 e. The van der Waals surface area contributed by atoms with Crippen LogP contribution in [0.25, 0.3) is 100 Å². The van der Waals surface area contributed by atoms with Crippen molar-refractivity contribution < 1.29 is 0 Å². The van der Waals surface area contributed by atoms with Gasteiger partial charge in [-0.3, -0.25) is 0 Å². The maximum atomic E-state index is 4.54. The van der Waals surface area contributed by atoms with Gasteiger partial charge < -0.3 is 0 Å². The Kier molecular flexibility index (Phi) is 8.82. The zero-order chi connectivity index (χ0) is 49.1. The summed E-state index contributed by atoms with van der Waals surface area (Å²) in [5, 5.41) is 0. The third-order valence-corrected chi connectivity index (χ3v) is 17.6. The summed E-state index contributed by atoms with van der Waals surface area (Å²) in [4.78, 5) is 9.09. The highest BCUT2D eigenvalue weighted by molar-refractivity contribution is 5.91. The highest BCUT2D eigenvalue weighted by Crippen LogP contribution is 2.55. The Bertz CT molecular complexity index is 3970. The van der Waals surface area contributed by atoms with Crippen LogP contribution in [0, 0.1) is 0 Å². The van der Waals surface area contributed by atoms with E-state index in [1.165, 1.54) is 134 Å². The molecule has 1 aromatic heterocycles. The Hall–Kier alpha value is -7.94. The van der Waals surface area contributed by atoms with E-state index in [1.54, 1.807) is 0 Å². The molecule has 0 unspecified atom stereocenters. The van der Waals surface area contributed by atoms with Crippen molar-refractivity contribution in [3.63, 3.8) is 0 Å². The Morgan fingerprint density at radius 2 is 0.486 bits per heavy atom. The van der Waals surface area contributed by atoms with E-state index in [1.807, 2.05) is 18.5 Å². The van der Waals surface area contributed by atoms with E-state index in [-0.39, 0.29) is 21.7 Å². The van der Waals surface area contributed by atoms with E-state index in [0.717, 1.165) is 11.4 Å². The van der Waals surface area contributed by atoms with Gasteiger partial charge in [-0.15, -0.1) is 0 Å². The first-order valence-electron chi connectivity index (χ1n) is 25.7. The number of benzene rings is 9. The van der Waals surface area contributed by atoms with Crippen molar-refractivity contribution in [2.45, 2.75) is 77.0 Å². The molecular weight excluding hydrogens is 869 g/mol. The van der Waals surface area contributed by atoms with Gasteiger partial charge in [-0.05, 0) is 188 Å². The molecule has 0 saturated carbocycles. The molecule has 0 fully saturated rings. The van der Waals surface area contributed by atoms with Crippen molar-refractivity contribution in [2.24, 2.45) is 0 Å². The van der Waals surface area contributed by atoms with Gasteiger partial charge in [-0.2, -0.15) is 0 Å². The van der Waals surface area contributed by atoms with Gasteiger partial charge in [0, 0.05) is 39.6 Å². The van der Waals surface area contributed by atoms with Gasteiger partial charge >= 0.3 is 0 Å². The number of fused-ring (bicyclic) bond motifs is 12. The SMILES string of the molecule is CC1(C)c2ccccc2-c2ccc(-c3cccc(-c4ccc5c(c4)C(C)(C)c4cc(-c6ccc7c(c6)C(C)(C)c6cc(-c8ccc9c(c8)C(C)(C)c8cc(-c%10ncccn%10)ccc8-9)ccc6-7)ccc4-5)c3)cc21. The fraction of sp³-hybridized carbons (Fsp3) is 0.171. The molecule has 14 rings (SSSR count). The van der Waals surface area contributed by atoms with E-state index >= 15 is 0 Å². The molecule has 72 heavy (non-hydrogen) atoms. The number of nitrogens with zero attached hydrogens (tertiary/aromatic N) is 2. The smallest absolute Gasteiger partial charge is 0.159 e. The van der Waals surface area contributed by atoms with Crippen LogP contribution in [0.3, 0.4) is 0 Å². The molecule has 0 atom stereocenters. The van der Waals surface area contributed by atoms with Gasteiger partial charge in [0.05, 0.1) is 0 Å². The molecule has 4 aliphatic rings. The minimum atomic E-state index is -0.165. The normalized spacial score (nSPS) is 15.9. The second-order valence-corrected chi connectivity index (χ2v) is 23.0. The molecule has 2 heteroatoms. The van der Waals surface area contributed by atoms with E-state index < -0.39 is 0 Å². The zero-order valence-corrected chi connectivity index (χ0v) is 42.4. The third kappa shape index (κ3) is 6.02. The van der Waals surface area contributed by atoms with E-state index in [9.17, 15) is 0 Å². The summed E-state index contributed by atoms with van der Waals surface area (Å²) in [6.07, 6.45) is 3.63. The van der Waals surface area contributed by atoms with Gasteiger partial charge in [0.15, 0.2) is 5.82 Å². The summed E-state index contributed by atoms with van der Waals surface area (Å²) < 4.78 is 0. The lowest BCUT2D eigenvalue weighted by atomic mass is 9.79. The molecular formula is C70H56N2. The van der Waals surface area contributed by atoms with Crippen LogP contribution in [-0.4, -0.2) is 9.97 Å². The topological polar surface area (TPSA) is 25.8 Å². The number of aromatic nitrogens is 2. The fourth-order valence-corrected chi connectivity index (χ4v) is 13.5. The Labute approximate surface area is 424 Å². The van der Waals surface area contributed by atoms with Gasteiger partial charge in [0.25, 0.3) is 0 Å². The van der Waals surface area contributed by atoms with Crippen LogP contribution < -0.4 is 0 Å². The first-order valence-corrected chi connectivity index (χ1v) is 25.7. The van der Waals surface area contributed by atoms with Crippen molar-refractivity contribution in [2.75, 3.05) is 0 Å². The first-order chi connectivity index (χ1) is 34.7. The van der Waals surface area contributed by atoms with Crippen molar-refractivity contribution >= 4 is 0 Å². The predicted molar refractivity (Wildman–Crippen MR) is 299 cm³/mol. The summed E-state index contributed by atoms with van der Waals surface area (Å²) in [6.45, 7) is 19.0. The molecule has 346 valence electrons. The van der Waals surface area contributed by atoms with E-state index in [4.69, 9.17) is 0 Å². The lowest BCUT2D eigenvalue weighted by Crippen LogP contribution is -2.16. The zero-order valence-electron chi connectivity index (χ0n) is 42.4. The summed E-state index contributed by atoms with van der Waals surface area (Å²) in [7, 11) is 0. The van der Waals surface area contributed by atoms with Crippen LogP contribution in [0.15, 0.2) is 194 Å². The van der Waals surface area contributed by atoms with Crippen LogP contribution in [0.2, 0.25) is 0 Å². The molecule has 0 spiro atoms. The molecule has 10 aromatic rings. The average molecular weight is 925 g/mol. The lowest BCUT2D eigenvalue weighted by Gasteiger charge is -2.24. The molecule has 1 heterocycles. The van der Waals surface area contributed by atoms with Crippen LogP contribution in [-0.2, 0) is 21.7 Å². The molecule has 4 aliphatic carbocycles. The van der Waals surface area contributed by atoms with Crippen LogP contribution in [0.5, 0.6) is 0 Å². The summed E-state index contributed by atoms with van der Waals surface area (Å²) in [6, 6.07) is 69.4. The van der Waals surface area contributed by atoms with Gasteiger partial charge in [0.2, 0.25) is 0 Å². The monoisotopic (exact) mass is 924 g/mol. The minimum absolute atomic E-state index is 0.0302. The summed E-state index contributed by atoms with van der Waals surface area (Å²) in [5.41, 5.74) is 32.4. The molecule has 0 radical (unpaired) electrons. The third-order valence-electron chi connectivity index (χ3n) is 17.6. The molecule has 0 bridgehead atoms. The van der Waals surface area contributed by atoms with Crippen molar-refractivity contribution in [3.8, 4) is 100 Å². The van der Waals surface area contributed by atoms with Crippen LogP contribution in [0.1, 0.15) is 99.9 Å². The molecule has 2 nitrogen and oxygen atoms in total. The number of hydrogen-bond donors (Lipinski definition) is 0. The molecule has 0 amide bonds. The van der Waals surface area contributed by atoms with Crippen LogP contribution >= 0.6 is 0 Å². The minimum Gasteiger partial charge on any atom is -0.237 e. The number of rotatable bonds is 5. The summed E-state index contributed by atoms with van der Waals surface area (Å²) >= 11 is 0. The lowest BCUT2D eigenvalue weighted by molar-refractivity contribution is 0.659. The van der Waals surface area contributed by atoms with Gasteiger partial charge in [-0.1, -0.05) is 183 Å². The van der Waals surface area contributed by atoms with Crippen molar-refractivity contribution in [1.29, 1.82) is 0 Å². The quantitative estimate of drug-likeness (QED) is 0.172. The maximum absolute atomic E-state index is 4.54. The fourth-order valence-electron chi connectivity index (χ4n) is 13.5. The Balaban J connectivity index is 0.743. The first kappa shape index (κ1) is 42.9. The second-order valence-electron chi connectivity index (χ2n) is 23.0. The highest BCUT2D eigenvalue weighted by atomic mass is 14.8. The summed E-state index contributed by atoms with van der Waals surface area (Å²) in [5.74, 6) is 0.763. The average Bonchev–Trinajstić information content (AvgIpc) is 3.97. The molecule has 0 N–H and O–H groups in total. The molecule has 0 aliphatic heterocycles. The Morgan fingerprint density at radius 1 is 0.222 bits per heavy atom. The van der Waals surface area contributed by atoms with Gasteiger partial charge in [-0.25, -0.2) is 9.97 Å². The van der Waals surface area contributed by atoms with Crippen LogP contribution in [0.4, 0.5) is 0 Å². The standard InChI is InChI=1S/C70H56N2/c1-67(2)58-16-10-9-15-50(58)51-24-17-43(34-59(51)67)41-13-11-14-42(33-41)44-18-25-52-53-26-19-45(36-61(53)68(3,4)60(52)35-44)46-20-27-54-55-28-21-47(38-63(55)69(5,6)62(54)37-46)48-22-29-56-57-30-23-49(66-71-31-12-32-72-66)40-65(57)70(7,8)64(56)39-48/h9-40H,1-8H3.